The van der Waals surface area contributed by atoms with E-state index in [9.17, 15) is 18.0 Å². The third-order valence-corrected chi connectivity index (χ3v) is 5.06. The van der Waals surface area contributed by atoms with Crippen LogP contribution in [0.3, 0.4) is 0 Å². The molecular formula is C23H22F3N5O2. The number of hydrogen-bond donors (Lipinski definition) is 2. The van der Waals surface area contributed by atoms with Crippen molar-refractivity contribution in [3.8, 4) is 0 Å². The molecule has 4 aromatic rings. The number of alkyl halides is 3. The van der Waals surface area contributed by atoms with Crippen molar-refractivity contribution in [1.82, 2.24) is 14.5 Å². The molecule has 10 heteroatoms. The van der Waals surface area contributed by atoms with Gasteiger partial charge in [0.15, 0.2) is 0 Å². The highest BCUT2D eigenvalue weighted by molar-refractivity contribution is 6.12. The number of amides is 1. The number of nitrogens with one attached hydrogen (secondary N) is 1. The minimum Gasteiger partial charge on any atom is -0.449 e. The molecule has 0 radical (unpaired) electrons. The predicted octanol–water partition coefficient (Wildman–Crippen LogP) is 5.44. The van der Waals surface area contributed by atoms with E-state index in [1.165, 1.54) is 12.1 Å². The van der Waals surface area contributed by atoms with Gasteiger partial charge in [0.1, 0.15) is 5.82 Å². The summed E-state index contributed by atoms with van der Waals surface area (Å²) in [5, 5.41) is 3.79. The monoisotopic (exact) mass is 457 g/mol. The van der Waals surface area contributed by atoms with E-state index in [4.69, 9.17) is 10.5 Å². The fourth-order valence-electron chi connectivity index (χ4n) is 3.64. The maximum Gasteiger partial charge on any atom is 0.416 e. The second-order valence-corrected chi connectivity index (χ2v) is 8.04. The first-order valence-electron chi connectivity index (χ1n) is 10.3. The number of nitrogens with zero attached hydrogens (tertiary/aromatic N) is 3. The summed E-state index contributed by atoms with van der Waals surface area (Å²) in [7, 11) is 0. The van der Waals surface area contributed by atoms with Gasteiger partial charge in [0.2, 0.25) is 5.95 Å². The van der Waals surface area contributed by atoms with Crippen molar-refractivity contribution in [3.63, 3.8) is 0 Å². The van der Waals surface area contributed by atoms with E-state index in [0.717, 1.165) is 6.07 Å². The molecule has 3 N–H and O–H groups in total. The minimum atomic E-state index is -4.45. The van der Waals surface area contributed by atoms with Crippen LogP contribution < -0.4 is 11.1 Å². The normalized spacial score (nSPS) is 11.9. The smallest absolute Gasteiger partial charge is 0.416 e. The van der Waals surface area contributed by atoms with Crippen molar-refractivity contribution < 1.29 is 22.7 Å². The molecule has 1 amide bonds. The topological polar surface area (TPSA) is 95.1 Å². The molecule has 2 aromatic carbocycles. The SMILES string of the molecule is CC(C)COC(=O)Nc1nc(N)nc2ccc3c(ccn3Cc3ccccc3C(F)(F)F)c12. The lowest BCUT2D eigenvalue weighted by molar-refractivity contribution is -0.138. The van der Waals surface area contributed by atoms with Gasteiger partial charge in [-0.2, -0.15) is 18.2 Å². The average molecular weight is 457 g/mol. The average Bonchev–Trinajstić information content (AvgIpc) is 3.14. The summed E-state index contributed by atoms with van der Waals surface area (Å²) < 4.78 is 47.2. The zero-order chi connectivity index (χ0) is 23.8. The van der Waals surface area contributed by atoms with Crippen LogP contribution in [-0.2, 0) is 17.5 Å². The maximum atomic E-state index is 13.4. The Labute approximate surface area is 187 Å². The van der Waals surface area contributed by atoms with E-state index < -0.39 is 17.8 Å². The number of benzene rings is 2. The van der Waals surface area contributed by atoms with Crippen molar-refractivity contribution in [2.75, 3.05) is 17.7 Å². The van der Waals surface area contributed by atoms with Crippen molar-refractivity contribution in [1.29, 1.82) is 0 Å². The minimum absolute atomic E-state index is 0.0136. The summed E-state index contributed by atoms with van der Waals surface area (Å²) in [6.45, 7) is 4.07. The number of ether oxygens (including phenoxy) is 1. The van der Waals surface area contributed by atoms with Crippen LogP contribution >= 0.6 is 0 Å². The van der Waals surface area contributed by atoms with Crippen molar-refractivity contribution in [2.24, 2.45) is 5.92 Å². The molecule has 4 rings (SSSR count). The van der Waals surface area contributed by atoms with Crippen LogP contribution in [0, 0.1) is 5.92 Å². The zero-order valence-electron chi connectivity index (χ0n) is 18.0. The maximum absolute atomic E-state index is 13.4. The number of nitrogens with two attached hydrogens (primary N) is 1. The number of hydrogen-bond acceptors (Lipinski definition) is 5. The second kappa shape index (κ2) is 8.61. The Hall–Kier alpha value is -3.82. The number of carbonyl (C=O) groups excluding carboxylic acids is 1. The molecule has 33 heavy (non-hydrogen) atoms. The molecule has 0 spiro atoms. The zero-order valence-corrected chi connectivity index (χ0v) is 18.0. The van der Waals surface area contributed by atoms with Gasteiger partial charge in [-0.15, -0.1) is 0 Å². The Bertz CT molecular complexity index is 1330. The van der Waals surface area contributed by atoms with Gasteiger partial charge in [0.25, 0.3) is 0 Å². The van der Waals surface area contributed by atoms with Gasteiger partial charge in [-0.3, -0.25) is 5.32 Å². The Morgan fingerprint density at radius 3 is 2.64 bits per heavy atom. The lowest BCUT2D eigenvalue weighted by Gasteiger charge is -2.14. The molecule has 0 atom stereocenters. The molecule has 0 unspecified atom stereocenters. The Morgan fingerprint density at radius 2 is 1.91 bits per heavy atom. The summed E-state index contributed by atoms with van der Waals surface area (Å²) in [5.74, 6) is 0.299. The molecule has 0 aliphatic rings. The molecule has 0 saturated carbocycles. The van der Waals surface area contributed by atoms with Gasteiger partial charge >= 0.3 is 12.3 Å². The van der Waals surface area contributed by atoms with Crippen LogP contribution in [0.1, 0.15) is 25.0 Å². The number of anilines is 2. The fraction of sp³-hybridized carbons (Fsp3) is 0.261. The quantitative estimate of drug-likeness (QED) is 0.416. The first-order chi connectivity index (χ1) is 15.6. The van der Waals surface area contributed by atoms with Gasteiger partial charge in [-0.05, 0) is 35.7 Å². The third-order valence-electron chi connectivity index (χ3n) is 5.06. The van der Waals surface area contributed by atoms with E-state index in [1.807, 2.05) is 13.8 Å². The molecule has 0 saturated heterocycles. The third kappa shape index (κ3) is 4.69. The first kappa shape index (κ1) is 22.4. The number of fused-ring (bicyclic) bond motifs is 3. The van der Waals surface area contributed by atoms with Gasteiger partial charge < -0.3 is 15.0 Å². The number of halogens is 3. The van der Waals surface area contributed by atoms with Gasteiger partial charge in [0.05, 0.1) is 23.1 Å². The number of rotatable bonds is 5. The molecule has 2 heterocycles. The highest BCUT2D eigenvalue weighted by Gasteiger charge is 2.33. The summed E-state index contributed by atoms with van der Waals surface area (Å²) in [5.41, 5.74) is 6.42. The highest BCUT2D eigenvalue weighted by Crippen LogP contribution is 2.34. The summed E-state index contributed by atoms with van der Waals surface area (Å²) in [4.78, 5) is 20.6. The molecule has 172 valence electrons. The lowest BCUT2D eigenvalue weighted by Crippen LogP contribution is -2.18. The molecule has 0 bridgehead atoms. The van der Waals surface area contributed by atoms with E-state index in [0.29, 0.717) is 21.8 Å². The Balaban J connectivity index is 1.77. The number of aromatic nitrogens is 3. The van der Waals surface area contributed by atoms with Crippen LogP contribution in [0.25, 0.3) is 21.8 Å². The second-order valence-electron chi connectivity index (χ2n) is 8.04. The van der Waals surface area contributed by atoms with Gasteiger partial charge in [-0.25, -0.2) is 9.78 Å². The number of nitrogen functional groups attached to an aromatic ring is 1. The van der Waals surface area contributed by atoms with Crippen molar-refractivity contribution in [2.45, 2.75) is 26.6 Å². The van der Waals surface area contributed by atoms with Crippen LogP contribution in [-0.4, -0.2) is 27.2 Å². The lowest BCUT2D eigenvalue weighted by atomic mass is 10.1. The summed E-state index contributed by atoms with van der Waals surface area (Å²) in [6.07, 6.45) is -3.45. The fourth-order valence-corrected chi connectivity index (χ4v) is 3.64. The van der Waals surface area contributed by atoms with Crippen molar-refractivity contribution >= 4 is 39.7 Å². The van der Waals surface area contributed by atoms with E-state index >= 15 is 0 Å². The standard InChI is InChI=1S/C23H22F3N5O2/c1-13(2)12-33-22(32)30-20-19-15-9-10-31(18(15)8-7-17(19)28-21(27)29-20)11-14-5-3-4-6-16(14)23(24,25)26/h3-10,13H,11-12H2,1-2H3,(H3,27,28,29,30,32). The van der Waals surface area contributed by atoms with Crippen LogP contribution in [0.2, 0.25) is 0 Å². The molecular weight excluding hydrogens is 435 g/mol. The van der Waals surface area contributed by atoms with Gasteiger partial charge in [0, 0.05) is 23.6 Å². The van der Waals surface area contributed by atoms with Crippen molar-refractivity contribution in [3.05, 3.63) is 59.8 Å². The molecule has 0 aliphatic carbocycles. The van der Waals surface area contributed by atoms with E-state index in [1.54, 1.807) is 35.0 Å². The van der Waals surface area contributed by atoms with E-state index in [2.05, 4.69) is 15.3 Å². The Morgan fingerprint density at radius 1 is 1.15 bits per heavy atom. The highest BCUT2D eigenvalue weighted by atomic mass is 19.4. The van der Waals surface area contributed by atoms with E-state index in [-0.39, 0.29) is 36.4 Å². The molecule has 7 nitrogen and oxygen atoms in total. The Kier molecular flexibility index (Phi) is 5.84. The van der Waals surface area contributed by atoms with Crippen LogP contribution in [0.5, 0.6) is 0 Å². The molecule has 0 fully saturated rings. The first-order valence-corrected chi connectivity index (χ1v) is 10.3. The van der Waals surface area contributed by atoms with Gasteiger partial charge in [-0.1, -0.05) is 32.0 Å². The molecule has 0 aliphatic heterocycles. The number of carbonyl (C=O) groups is 1. The largest absolute Gasteiger partial charge is 0.449 e. The van der Waals surface area contributed by atoms with Crippen LogP contribution in [0.4, 0.5) is 29.7 Å². The summed E-state index contributed by atoms with van der Waals surface area (Å²) >= 11 is 0. The summed E-state index contributed by atoms with van der Waals surface area (Å²) in [6, 6.07) is 10.7. The van der Waals surface area contributed by atoms with Crippen LogP contribution in [0.15, 0.2) is 48.7 Å². The predicted molar refractivity (Wildman–Crippen MR) is 120 cm³/mol. The molecule has 2 aromatic heterocycles.